The number of nitrogens with two attached hydrogens (primary N) is 1. The number of nitrogens with zero attached hydrogens (tertiary/aromatic N) is 1. The van der Waals surface area contributed by atoms with E-state index >= 15 is 0 Å². The zero-order valence-electron chi connectivity index (χ0n) is 12.1. The van der Waals surface area contributed by atoms with E-state index < -0.39 is 6.03 Å². The predicted molar refractivity (Wildman–Crippen MR) is 77.9 cm³/mol. The highest BCUT2D eigenvalue weighted by atomic mass is 16.2. The highest BCUT2D eigenvalue weighted by Crippen LogP contribution is 2.52. The van der Waals surface area contributed by atoms with Crippen LogP contribution in [0.2, 0.25) is 0 Å². The number of carbonyl (C=O) groups excluding carboxylic acids is 1. The van der Waals surface area contributed by atoms with Gasteiger partial charge in [0.25, 0.3) is 0 Å². The number of unbranched alkanes of at least 4 members (excludes halogenated alkanes) is 1. The molecule has 0 heterocycles. The van der Waals surface area contributed by atoms with Crippen molar-refractivity contribution in [3.63, 3.8) is 0 Å². The van der Waals surface area contributed by atoms with E-state index in [2.05, 4.69) is 17.5 Å². The minimum atomic E-state index is -0.555. The number of hydrogen-bond acceptors (Lipinski definition) is 2. The van der Waals surface area contributed by atoms with E-state index in [1.165, 1.54) is 51.4 Å². The van der Waals surface area contributed by atoms with Gasteiger partial charge in [-0.1, -0.05) is 32.6 Å². The second kappa shape index (κ2) is 6.40. The Morgan fingerprint density at radius 2 is 2.32 bits per heavy atom. The topological polar surface area (TPSA) is 67.5 Å². The summed E-state index contributed by atoms with van der Waals surface area (Å²) in [4.78, 5) is 10.8. The fourth-order valence-corrected chi connectivity index (χ4v) is 4.07. The Kier molecular flexibility index (Phi) is 4.83. The molecule has 2 aliphatic rings. The summed E-state index contributed by atoms with van der Waals surface area (Å²) in [6.07, 6.45) is 12.7. The molecule has 2 saturated carbocycles. The summed E-state index contributed by atoms with van der Waals surface area (Å²) in [7, 11) is 0. The summed E-state index contributed by atoms with van der Waals surface area (Å²) in [6.45, 7) is 2.26. The van der Waals surface area contributed by atoms with Gasteiger partial charge in [0.15, 0.2) is 0 Å². The van der Waals surface area contributed by atoms with E-state index in [9.17, 15) is 4.79 Å². The number of rotatable bonds is 4. The molecule has 108 valence electrons. The molecule has 0 spiro atoms. The number of fused-ring (bicyclic) bond motifs is 1. The molecule has 2 atom stereocenters. The zero-order chi connectivity index (χ0) is 13.7. The van der Waals surface area contributed by atoms with Gasteiger partial charge in [-0.25, -0.2) is 10.2 Å². The molecule has 4 nitrogen and oxygen atoms in total. The number of hydrazone groups is 1. The van der Waals surface area contributed by atoms with Crippen molar-refractivity contribution >= 4 is 11.7 Å². The summed E-state index contributed by atoms with van der Waals surface area (Å²) in [6, 6.07) is -0.555. The lowest BCUT2D eigenvalue weighted by molar-refractivity contribution is 0.0701. The molecule has 2 fully saturated rings. The Labute approximate surface area is 116 Å². The van der Waals surface area contributed by atoms with Gasteiger partial charge in [-0.05, 0) is 49.9 Å². The van der Waals surface area contributed by atoms with E-state index in [1.54, 1.807) is 0 Å². The molecule has 0 aromatic rings. The molecule has 0 aromatic heterocycles. The molecule has 2 amide bonds. The van der Waals surface area contributed by atoms with Crippen LogP contribution in [0.3, 0.4) is 0 Å². The molecule has 3 N–H and O–H groups in total. The fourth-order valence-electron chi connectivity index (χ4n) is 4.07. The molecule has 0 aromatic carbocycles. The smallest absolute Gasteiger partial charge is 0.332 e. The van der Waals surface area contributed by atoms with Crippen LogP contribution in [-0.4, -0.2) is 11.7 Å². The van der Waals surface area contributed by atoms with Crippen LogP contribution in [0.5, 0.6) is 0 Å². The maximum absolute atomic E-state index is 10.8. The number of amides is 2. The van der Waals surface area contributed by atoms with E-state index in [0.29, 0.717) is 5.41 Å². The van der Waals surface area contributed by atoms with Crippen LogP contribution in [0.25, 0.3) is 0 Å². The Balaban J connectivity index is 2.07. The second-order valence-corrected chi connectivity index (χ2v) is 6.28. The summed E-state index contributed by atoms with van der Waals surface area (Å²) in [5, 5.41) is 4.22. The molecular weight excluding hydrogens is 238 g/mol. The number of primary amides is 1. The summed E-state index contributed by atoms with van der Waals surface area (Å²) in [5.41, 5.74) is 9.12. The van der Waals surface area contributed by atoms with Crippen LogP contribution in [0.15, 0.2) is 5.10 Å². The number of hydrogen-bond donors (Lipinski definition) is 2. The molecule has 4 heteroatoms. The van der Waals surface area contributed by atoms with E-state index in [4.69, 9.17) is 5.73 Å². The van der Waals surface area contributed by atoms with Crippen LogP contribution < -0.4 is 11.2 Å². The number of urea groups is 1. The van der Waals surface area contributed by atoms with Crippen LogP contribution in [-0.2, 0) is 0 Å². The molecule has 19 heavy (non-hydrogen) atoms. The highest BCUT2D eigenvalue weighted by molar-refractivity contribution is 5.87. The zero-order valence-corrected chi connectivity index (χ0v) is 12.1. The Bertz CT molecular complexity index is 353. The Hall–Kier alpha value is -1.06. The van der Waals surface area contributed by atoms with Crippen LogP contribution in [0, 0.1) is 11.3 Å². The monoisotopic (exact) mass is 265 g/mol. The van der Waals surface area contributed by atoms with Gasteiger partial charge in [-0.2, -0.15) is 5.10 Å². The molecule has 0 unspecified atom stereocenters. The van der Waals surface area contributed by atoms with Crippen molar-refractivity contribution in [3.8, 4) is 0 Å². The van der Waals surface area contributed by atoms with Gasteiger partial charge in [-0.3, -0.25) is 0 Å². The first kappa shape index (κ1) is 14.4. The van der Waals surface area contributed by atoms with Crippen molar-refractivity contribution in [3.05, 3.63) is 0 Å². The maximum atomic E-state index is 10.8. The van der Waals surface area contributed by atoms with Gasteiger partial charge in [0.1, 0.15) is 0 Å². The fraction of sp³-hybridized carbons (Fsp3) is 0.867. The van der Waals surface area contributed by atoms with E-state index in [0.717, 1.165) is 24.5 Å². The normalized spacial score (nSPS) is 32.9. The third-order valence-corrected chi connectivity index (χ3v) is 5.03. The molecule has 0 saturated heterocycles. The molecule has 2 aliphatic carbocycles. The third kappa shape index (κ3) is 3.48. The summed E-state index contributed by atoms with van der Waals surface area (Å²) >= 11 is 0. The maximum Gasteiger partial charge on any atom is 0.332 e. The predicted octanol–water partition coefficient (Wildman–Crippen LogP) is 3.56. The van der Waals surface area contributed by atoms with Crippen molar-refractivity contribution in [2.45, 2.75) is 71.1 Å². The first-order valence-corrected chi connectivity index (χ1v) is 7.77. The average Bonchev–Trinajstić information content (AvgIpc) is 2.42. The van der Waals surface area contributed by atoms with Crippen molar-refractivity contribution < 1.29 is 4.79 Å². The van der Waals surface area contributed by atoms with Gasteiger partial charge >= 0.3 is 6.03 Å². The summed E-state index contributed by atoms with van der Waals surface area (Å²) < 4.78 is 0. The van der Waals surface area contributed by atoms with Crippen molar-refractivity contribution in [2.24, 2.45) is 22.2 Å². The number of carbonyl (C=O) groups is 1. The molecule has 0 bridgehead atoms. The lowest BCUT2D eigenvalue weighted by Crippen LogP contribution is -2.40. The van der Waals surface area contributed by atoms with Crippen molar-refractivity contribution in [1.82, 2.24) is 5.43 Å². The quantitative estimate of drug-likeness (QED) is 0.750. The minimum Gasteiger partial charge on any atom is -0.350 e. The molecule has 0 aliphatic heterocycles. The van der Waals surface area contributed by atoms with Crippen LogP contribution in [0.1, 0.15) is 71.1 Å². The van der Waals surface area contributed by atoms with Crippen LogP contribution >= 0.6 is 0 Å². The first-order chi connectivity index (χ1) is 9.16. The standard InChI is InChI=1S/C15H27N3O/c1-2-3-9-15-10-5-4-6-12(15)7-8-13(11-15)17-18-14(16)19/h12H,2-11H2,1H3,(H3,16,18,19)/b17-13-/t12-,15+/m1/s1. The van der Waals surface area contributed by atoms with Crippen molar-refractivity contribution in [2.75, 3.05) is 0 Å². The van der Waals surface area contributed by atoms with Gasteiger partial charge in [0, 0.05) is 5.71 Å². The Morgan fingerprint density at radius 1 is 1.47 bits per heavy atom. The largest absolute Gasteiger partial charge is 0.350 e. The second-order valence-electron chi connectivity index (χ2n) is 6.28. The van der Waals surface area contributed by atoms with Crippen LogP contribution in [0.4, 0.5) is 4.79 Å². The molecule has 0 radical (unpaired) electrons. The minimum absolute atomic E-state index is 0.463. The lowest BCUT2D eigenvalue weighted by atomic mass is 9.57. The number of nitrogens with one attached hydrogen (secondary N) is 1. The summed E-state index contributed by atoms with van der Waals surface area (Å²) in [5.74, 6) is 0.875. The SMILES string of the molecule is CCCC[C@@]12CCCC[C@@H]1CC/C(=N/NC(N)=O)C2. The van der Waals surface area contributed by atoms with Gasteiger partial charge in [0.05, 0.1) is 0 Å². The highest BCUT2D eigenvalue weighted by Gasteiger charge is 2.43. The van der Waals surface area contributed by atoms with E-state index in [-0.39, 0.29) is 0 Å². The van der Waals surface area contributed by atoms with E-state index in [1.807, 2.05) is 0 Å². The van der Waals surface area contributed by atoms with Crippen molar-refractivity contribution in [1.29, 1.82) is 0 Å². The molecular formula is C15H27N3O. The first-order valence-electron chi connectivity index (χ1n) is 7.77. The molecule has 2 rings (SSSR count). The average molecular weight is 265 g/mol. The Morgan fingerprint density at radius 3 is 3.05 bits per heavy atom. The third-order valence-electron chi connectivity index (χ3n) is 5.03. The lowest BCUT2D eigenvalue weighted by Gasteiger charge is -2.48. The van der Waals surface area contributed by atoms with Gasteiger partial charge < -0.3 is 5.73 Å². The van der Waals surface area contributed by atoms with Gasteiger partial charge in [0.2, 0.25) is 0 Å². The van der Waals surface area contributed by atoms with Gasteiger partial charge in [-0.15, -0.1) is 0 Å².